The molecule has 1 aliphatic carbocycles. The Morgan fingerprint density at radius 2 is 0.862 bits per heavy atom. The van der Waals surface area contributed by atoms with Crippen LogP contribution in [-0.2, 0) is 19.9 Å². The van der Waals surface area contributed by atoms with Crippen molar-refractivity contribution in [2.45, 2.75) is 51.2 Å². The lowest BCUT2D eigenvalue weighted by Crippen LogP contribution is -2.07. The van der Waals surface area contributed by atoms with Crippen LogP contribution in [0.5, 0.6) is 17.2 Å². The third-order valence-corrected chi connectivity index (χ3v) is 25.0. The quantitative estimate of drug-likeness (QED) is 0.0300. The molecule has 1 fully saturated rings. The summed E-state index contributed by atoms with van der Waals surface area (Å²) in [6.45, 7) is 0. The predicted octanol–water partition coefficient (Wildman–Crippen LogP) is 22.0. The predicted molar refractivity (Wildman–Crippen MR) is 494 cm³/mol. The van der Waals surface area contributed by atoms with Crippen molar-refractivity contribution in [3.05, 3.63) is 271 Å². The highest BCUT2D eigenvalue weighted by atomic mass is 32.2. The number of thiophene rings is 2. The van der Waals surface area contributed by atoms with E-state index in [9.17, 15) is 0 Å². The van der Waals surface area contributed by atoms with Crippen LogP contribution in [0.15, 0.2) is 274 Å². The number of nitrogens with one attached hydrogen (secondary N) is 12. The van der Waals surface area contributed by atoms with Gasteiger partial charge in [0.05, 0.1) is 101 Å². The monoisotopic (exact) mass is 1710 g/mol. The lowest BCUT2D eigenvalue weighted by molar-refractivity contribution is 0.415. The van der Waals surface area contributed by atoms with E-state index in [2.05, 4.69) is 134 Å². The number of H-pyrrole nitrogens is 4. The van der Waals surface area contributed by atoms with Crippen LogP contribution in [0.1, 0.15) is 35.8 Å². The molecule has 29 nitrogen and oxygen atoms in total. The molecule has 0 radical (unpaired) electrons. The van der Waals surface area contributed by atoms with Gasteiger partial charge < -0.3 is 52.0 Å². The Balaban J connectivity index is 0.000000104. The molecule has 0 amide bonds. The first-order chi connectivity index (χ1) is 60.6. The largest absolute Gasteiger partial charge is 0.497 e. The first-order valence-electron chi connectivity index (χ1n) is 39.3. The standard InChI is InChI=1S/C25H20N6OS.C24H17N7S2.C20H20N8S.C20H16N6OS/c1-2-6-19(7-3-1)32-20-8-4-5-17(14-20)28-25-29-22-11-12-33-23(22)24(30-25)27-18-9-10-21-16(13-18)15-26-31-21;1-2-19(14-25-10-1)33-18-6-3-16(4-7-18)28-24-29-21-9-11-32-22(21)23(30-24)27-17-5-8-20-15(12-17)13-26-31-20;1-28-17(9-16(27-28)11-2-3-11)24-20-23-15-6-7-29-18(15)19(25-20)22-13-4-5-14-12(8-13)10-21-26-14;1-27-15-5-2-13(3-6-15)23-20-24-17-8-9-28-18(17)19(25-20)22-14-4-7-16-12(10-14)11-21-26-16/h1-10,13-15H,11-12H2,(H,26,31)(H2,27,28,29,30);1-14H,(H,26,31)(H2,27,28,29,30);4-5,8-11H,2-3,6-7H2,1H3,(H,21,26)(H2,22,23,24,25);2-11H,1H3,(H,21,26)(H2,22,23,24,25). The van der Waals surface area contributed by atoms with Gasteiger partial charge in [-0.05, 0) is 193 Å². The highest BCUT2D eigenvalue weighted by Gasteiger charge is 2.28. The van der Waals surface area contributed by atoms with Gasteiger partial charge in [-0.3, -0.25) is 30.1 Å². The number of aryl methyl sites for hydroxylation is 3. The van der Waals surface area contributed by atoms with Gasteiger partial charge in [-0.1, -0.05) is 36.0 Å². The molecule has 0 spiro atoms. The van der Waals surface area contributed by atoms with Crippen molar-refractivity contribution in [2.75, 3.05) is 61.1 Å². The van der Waals surface area contributed by atoms with E-state index in [1.807, 2.05) is 223 Å². The van der Waals surface area contributed by atoms with Crippen molar-refractivity contribution in [1.29, 1.82) is 0 Å². The third kappa shape index (κ3) is 18.1. The van der Waals surface area contributed by atoms with Gasteiger partial charge in [0, 0.05) is 133 Å². The van der Waals surface area contributed by atoms with Crippen molar-refractivity contribution in [2.24, 2.45) is 7.05 Å². The van der Waals surface area contributed by atoms with Gasteiger partial charge in [0.25, 0.3) is 0 Å². The molecule has 14 heterocycles. The van der Waals surface area contributed by atoms with Gasteiger partial charge in [-0.25, -0.2) is 19.9 Å². The average molecular weight is 1710 g/mol. The molecule has 1 saturated carbocycles. The summed E-state index contributed by atoms with van der Waals surface area (Å²) in [6, 6.07) is 67.8. The van der Waals surface area contributed by atoms with Crippen molar-refractivity contribution in [3.8, 4) is 17.2 Å². The Morgan fingerprint density at radius 1 is 0.398 bits per heavy atom. The molecule has 23 rings (SSSR count). The fourth-order valence-corrected chi connectivity index (χ4v) is 18.3. The molecule has 34 heteroatoms. The van der Waals surface area contributed by atoms with Gasteiger partial charge in [-0.2, -0.15) is 45.4 Å². The number of hydrogen-bond acceptors (Lipinski definition) is 29. The minimum Gasteiger partial charge on any atom is -0.497 e. The molecule has 3 aliphatic rings. The summed E-state index contributed by atoms with van der Waals surface area (Å²) >= 11 is 8.48. The van der Waals surface area contributed by atoms with Crippen molar-refractivity contribution in [3.63, 3.8) is 0 Å². The maximum atomic E-state index is 5.96. The smallest absolute Gasteiger partial charge is 0.230 e. The van der Waals surface area contributed by atoms with Gasteiger partial charge in [0.1, 0.15) is 34.7 Å². The second-order valence-corrected chi connectivity index (χ2v) is 33.8. The number of anilines is 16. The van der Waals surface area contributed by atoms with E-state index in [1.54, 1.807) is 77.5 Å². The molecule has 0 atom stereocenters. The molecular weight excluding hydrogens is 1640 g/mol. The fraction of sp³-hybridized carbons (Fsp3) is 0.101. The second-order valence-electron chi connectivity index (χ2n) is 28.6. The molecule has 8 aromatic carbocycles. The molecule has 0 saturated heterocycles. The zero-order valence-corrected chi connectivity index (χ0v) is 69.7. The van der Waals surface area contributed by atoms with E-state index in [0.717, 1.165) is 211 Å². The van der Waals surface area contributed by atoms with Crippen molar-refractivity contribution in [1.82, 2.24) is 95.4 Å². The van der Waals surface area contributed by atoms with Crippen LogP contribution in [0.4, 0.5) is 92.7 Å². The summed E-state index contributed by atoms with van der Waals surface area (Å²) in [7, 11) is 3.60. The molecule has 20 aromatic rings. The number of benzene rings is 8. The Morgan fingerprint density at radius 3 is 1.37 bits per heavy atom. The normalized spacial score (nSPS) is 12.5. The molecule has 0 unspecified atom stereocenters. The summed E-state index contributed by atoms with van der Waals surface area (Å²) in [5.41, 5.74) is 15.6. The summed E-state index contributed by atoms with van der Waals surface area (Å²) in [6.07, 6.45) is 15.2. The Hall–Kier alpha value is -14.7. The van der Waals surface area contributed by atoms with Crippen LogP contribution in [0.3, 0.4) is 0 Å². The minimum atomic E-state index is 0.531. The number of hydrogen-bond donors (Lipinski definition) is 12. The molecular formula is C89H73N27O2S5. The zero-order chi connectivity index (χ0) is 82.4. The number of nitrogens with zero attached hydrogens (tertiary/aromatic N) is 15. The number of thioether (sulfide) groups is 2. The summed E-state index contributed by atoms with van der Waals surface area (Å²) in [5, 5.41) is 68.2. The van der Waals surface area contributed by atoms with Crippen molar-refractivity contribution < 1.29 is 9.47 Å². The second kappa shape index (κ2) is 34.9. The van der Waals surface area contributed by atoms with E-state index in [1.165, 1.54) is 12.8 Å². The van der Waals surface area contributed by atoms with Crippen LogP contribution in [0.2, 0.25) is 0 Å². The maximum absolute atomic E-state index is 5.96. The molecule has 12 N–H and O–H groups in total. The SMILES string of the molecule is COc1ccc(Nc2nc(Nc3ccc4[nH]ncc4c3)c3sccc3n2)cc1.Cn1nc(C2CC2)cc1Nc1nc2c(c(Nc3ccc4[nH]ncc4c3)n1)SCC2.c1ccc(Oc2cccc(Nc3nc4c(c(Nc5ccc6[nH]ncc6c5)n3)SCC4)c2)cc1.c1cncc(Sc2ccc(Nc3nc(Nc4ccc5[nH]ncc5c4)c4sccc4n3)cc2)c1. The lowest BCUT2D eigenvalue weighted by Gasteiger charge is -2.13. The first kappa shape index (κ1) is 76.9. The number of fused-ring (bicyclic) bond motifs is 8. The molecule has 2 aliphatic heterocycles. The Labute approximate surface area is 722 Å². The highest BCUT2D eigenvalue weighted by molar-refractivity contribution is 8.00. The topological polar surface area (TPSA) is 363 Å². The van der Waals surface area contributed by atoms with Crippen LogP contribution >= 0.6 is 58.0 Å². The lowest BCUT2D eigenvalue weighted by atomic mass is 10.2. The number of rotatable bonds is 22. The molecule has 123 heavy (non-hydrogen) atoms. The van der Waals surface area contributed by atoms with Crippen LogP contribution < -0.4 is 52.0 Å². The number of pyridine rings is 1. The van der Waals surface area contributed by atoms with E-state index >= 15 is 0 Å². The van der Waals surface area contributed by atoms with E-state index in [-0.39, 0.29) is 0 Å². The van der Waals surface area contributed by atoms with Crippen LogP contribution in [-0.4, -0.2) is 114 Å². The number of ether oxygens (including phenoxy) is 2. The Bertz CT molecular complexity index is 7160. The average Bonchev–Trinajstić information content (AvgIpc) is 1.70. The summed E-state index contributed by atoms with van der Waals surface area (Å²) in [4.78, 5) is 46.5. The first-order valence-corrected chi connectivity index (χ1v) is 43.8. The van der Waals surface area contributed by atoms with Gasteiger partial charge in [0.15, 0.2) is 11.6 Å². The van der Waals surface area contributed by atoms with Crippen LogP contribution in [0, 0.1) is 0 Å². The number of para-hydroxylation sites is 1. The van der Waals surface area contributed by atoms with E-state index < -0.39 is 0 Å². The van der Waals surface area contributed by atoms with E-state index in [4.69, 9.17) is 39.4 Å². The number of aromatic amines is 4. The van der Waals surface area contributed by atoms with E-state index in [0.29, 0.717) is 29.7 Å². The third-order valence-electron chi connectivity index (χ3n) is 20.0. The zero-order valence-electron chi connectivity index (χ0n) is 65.6. The minimum absolute atomic E-state index is 0.531. The fourth-order valence-electron chi connectivity index (χ4n) is 13.8. The Kier molecular flexibility index (Phi) is 21.8. The number of aromatic nitrogens is 19. The highest BCUT2D eigenvalue weighted by Crippen LogP contribution is 2.44. The maximum Gasteiger partial charge on any atom is 0.230 e. The summed E-state index contributed by atoms with van der Waals surface area (Å²) < 4.78 is 15.1. The molecule has 0 bridgehead atoms. The van der Waals surface area contributed by atoms with Gasteiger partial charge in [-0.15, -0.1) is 46.2 Å². The van der Waals surface area contributed by atoms with Gasteiger partial charge >= 0.3 is 0 Å². The molecule has 606 valence electrons. The van der Waals surface area contributed by atoms with Crippen molar-refractivity contribution >= 4 is 215 Å². The van der Waals surface area contributed by atoms with Gasteiger partial charge in [0.2, 0.25) is 23.8 Å². The molecule has 12 aromatic heterocycles. The number of methoxy groups -OCH3 is 1. The summed E-state index contributed by atoms with van der Waals surface area (Å²) in [5.74, 6) is 11.3. The van der Waals surface area contributed by atoms with Crippen LogP contribution in [0.25, 0.3) is 64.0 Å².